The highest BCUT2D eigenvalue weighted by molar-refractivity contribution is 5.75. The lowest BCUT2D eigenvalue weighted by Gasteiger charge is -2.22. The number of carbonyl (C=O) groups excluding carboxylic acids is 1. The lowest BCUT2D eigenvalue weighted by Crippen LogP contribution is -2.33. The van der Waals surface area contributed by atoms with Crippen molar-refractivity contribution < 1.29 is 9.18 Å². The van der Waals surface area contributed by atoms with Gasteiger partial charge in [-0.25, -0.2) is 4.39 Å². The lowest BCUT2D eigenvalue weighted by molar-refractivity contribution is -0.120. The molecule has 1 unspecified atom stereocenters. The molecule has 0 radical (unpaired) electrons. The quantitative estimate of drug-likeness (QED) is 0.686. The van der Waals surface area contributed by atoms with Gasteiger partial charge in [-0.3, -0.25) is 4.79 Å². The largest absolute Gasteiger partial charge is 0.359 e. The molecular weight excluding hydrogens is 267 g/mol. The second-order valence-corrected chi connectivity index (χ2v) is 5.78. The molecule has 0 aliphatic carbocycles. The summed E-state index contributed by atoms with van der Waals surface area (Å²) in [6.45, 7) is 5.14. The summed E-state index contributed by atoms with van der Waals surface area (Å²) in [5, 5.41) is 6.18. The van der Waals surface area contributed by atoms with Gasteiger partial charge < -0.3 is 10.6 Å². The minimum Gasteiger partial charge on any atom is -0.359 e. The topological polar surface area (TPSA) is 41.1 Å². The molecule has 21 heavy (non-hydrogen) atoms. The Morgan fingerprint density at radius 2 is 1.86 bits per heavy atom. The van der Waals surface area contributed by atoms with E-state index in [1.54, 1.807) is 7.05 Å². The average Bonchev–Trinajstić information content (AvgIpc) is 2.47. The number of hydrogen-bond acceptors (Lipinski definition) is 2. The SMILES string of the molecule is CNC(=O)CCCCC(NCc1ccc(F)cc1)C(C)C. The van der Waals surface area contributed by atoms with E-state index in [1.807, 2.05) is 12.1 Å². The molecular formula is C17H27FN2O. The monoisotopic (exact) mass is 294 g/mol. The van der Waals surface area contributed by atoms with Gasteiger partial charge in [0.25, 0.3) is 0 Å². The first kappa shape index (κ1) is 17.6. The predicted octanol–water partition coefficient (Wildman–Crippen LogP) is 3.25. The zero-order chi connectivity index (χ0) is 15.7. The van der Waals surface area contributed by atoms with Gasteiger partial charge in [0, 0.05) is 26.1 Å². The maximum atomic E-state index is 12.9. The van der Waals surface area contributed by atoms with Gasteiger partial charge in [0.15, 0.2) is 0 Å². The second-order valence-electron chi connectivity index (χ2n) is 5.78. The normalized spacial score (nSPS) is 12.4. The number of nitrogens with one attached hydrogen (secondary N) is 2. The van der Waals surface area contributed by atoms with Crippen molar-refractivity contribution in [2.24, 2.45) is 5.92 Å². The Hall–Kier alpha value is -1.42. The molecule has 2 N–H and O–H groups in total. The Bertz CT molecular complexity index is 417. The Morgan fingerprint density at radius 3 is 2.43 bits per heavy atom. The van der Waals surface area contributed by atoms with Crippen LogP contribution in [-0.4, -0.2) is 19.0 Å². The van der Waals surface area contributed by atoms with E-state index in [4.69, 9.17) is 0 Å². The lowest BCUT2D eigenvalue weighted by atomic mass is 9.97. The first-order chi connectivity index (χ1) is 10.0. The van der Waals surface area contributed by atoms with Crippen molar-refractivity contribution in [1.29, 1.82) is 0 Å². The fourth-order valence-corrected chi connectivity index (χ4v) is 2.30. The van der Waals surface area contributed by atoms with Gasteiger partial charge in [-0.2, -0.15) is 0 Å². The van der Waals surface area contributed by atoms with Gasteiger partial charge in [0.1, 0.15) is 5.82 Å². The van der Waals surface area contributed by atoms with E-state index in [0.29, 0.717) is 18.4 Å². The molecule has 0 saturated heterocycles. The van der Waals surface area contributed by atoms with Crippen molar-refractivity contribution in [1.82, 2.24) is 10.6 Å². The zero-order valence-electron chi connectivity index (χ0n) is 13.3. The third-order valence-electron chi connectivity index (χ3n) is 3.73. The molecule has 4 heteroatoms. The number of hydrogen-bond donors (Lipinski definition) is 2. The van der Waals surface area contributed by atoms with Crippen LogP contribution in [-0.2, 0) is 11.3 Å². The second kappa shape index (κ2) is 9.50. The molecule has 1 amide bonds. The summed E-state index contributed by atoms with van der Waals surface area (Å²) >= 11 is 0. The maximum absolute atomic E-state index is 12.9. The van der Waals surface area contributed by atoms with E-state index in [-0.39, 0.29) is 11.7 Å². The number of rotatable bonds is 9. The van der Waals surface area contributed by atoms with Gasteiger partial charge in [-0.15, -0.1) is 0 Å². The Morgan fingerprint density at radius 1 is 1.19 bits per heavy atom. The summed E-state index contributed by atoms with van der Waals surface area (Å²) in [4.78, 5) is 11.2. The number of carbonyl (C=O) groups is 1. The van der Waals surface area contributed by atoms with Crippen LogP contribution in [0.15, 0.2) is 24.3 Å². The van der Waals surface area contributed by atoms with Crippen LogP contribution in [0.3, 0.4) is 0 Å². The van der Waals surface area contributed by atoms with Crippen LogP contribution in [0.25, 0.3) is 0 Å². The third kappa shape index (κ3) is 7.23. The summed E-state index contributed by atoms with van der Waals surface area (Å²) in [7, 11) is 1.67. The Balaban J connectivity index is 2.32. The molecule has 0 aromatic heterocycles. The summed E-state index contributed by atoms with van der Waals surface area (Å²) < 4.78 is 12.9. The minimum atomic E-state index is -0.201. The first-order valence-corrected chi connectivity index (χ1v) is 7.71. The predicted molar refractivity (Wildman–Crippen MR) is 84.4 cm³/mol. The molecule has 0 bridgehead atoms. The average molecular weight is 294 g/mol. The van der Waals surface area contributed by atoms with Crippen LogP contribution in [0.4, 0.5) is 4.39 Å². The molecule has 1 rings (SSSR count). The van der Waals surface area contributed by atoms with Crippen molar-refractivity contribution in [2.45, 2.75) is 52.1 Å². The molecule has 118 valence electrons. The van der Waals surface area contributed by atoms with Crippen molar-refractivity contribution in [3.8, 4) is 0 Å². The highest BCUT2D eigenvalue weighted by atomic mass is 19.1. The fraction of sp³-hybridized carbons (Fsp3) is 0.588. The first-order valence-electron chi connectivity index (χ1n) is 7.71. The molecule has 0 fully saturated rings. The minimum absolute atomic E-state index is 0.107. The third-order valence-corrected chi connectivity index (χ3v) is 3.73. The van der Waals surface area contributed by atoms with Gasteiger partial charge >= 0.3 is 0 Å². The summed E-state index contributed by atoms with van der Waals surface area (Å²) in [6.07, 6.45) is 3.60. The summed E-state index contributed by atoms with van der Waals surface area (Å²) in [5.41, 5.74) is 1.09. The van der Waals surface area contributed by atoms with Gasteiger partial charge in [-0.05, 0) is 36.5 Å². The van der Waals surface area contributed by atoms with Crippen LogP contribution in [0.5, 0.6) is 0 Å². The van der Waals surface area contributed by atoms with Crippen LogP contribution in [0.2, 0.25) is 0 Å². The highest BCUT2D eigenvalue weighted by Crippen LogP contribution is 2.13. The molecule has 0 aliphatic heterocycles. The standard InChI is InChI=1S/C17H27FN2O/c1-13(2)16(6-4-5-7-17(21)19-3)20-12-14-8-10-15(18)11-9-14/h8-11,13,16,20H,4-7,12H2,1-3H3,(H,19,21). The molecule has 1 aromatic carbocycles. The van der Waals surface area contributed by atoms with Crippen molar-refractivity contribution >= 4 is 5.91 Å². The summed E-state index contributed by atoms with van der Waals surface area (Å²) in [6, 6.07) is 7.02. The molecule has 0 saturated carbocycles. The molecule has 0 spiro atoms. The summed E-state index contributed by atoms with van der Waals surface area (Å²) in [5.74, 6) is 0.439. The number of halogens is 1. The van der Waals surface area contributed by atoms with Crippen LogP contribution < -0.4 is 10.6 Å². The molecule has 3 nitrogen and oxygen atoms in total. The van der Waals surface area contributed by atoms with Gasteiger partial charge in [0.2, 0.25) is 5.91 Å². The number of unbranched alkanes of at least 4 members (excludes halogenated alkanes) is 1. The van der Waals surface area contributed by atoms with Crippen LogP contribution in [0.1, 0.15) is 45.1 Å². The van der Waals surface area contributed by atoms with Crippen molar-refractivity contribution in [3.05, 3.63) is 35.6 Å². The molecule has 0 heterocycles. The number of amides is 1. The smallest absolute Gasteiger partial charge is 0.219 e. The van der Waals surface area contributed by atoms with Crippen LogP contribution >= 0.6 is 0 Å². The van der Waals surface area contributed by atoms with Crippen LogP contribution in [0, 0.1) is 11.7 Å². The fourth-order valence-electron chi connectivity index (χ4n) is 2.30. The van der Waals surface area contributed by atoms with E-state index in [9.17, 15) is 9.18 Å². The van der Waals surface area contributed by atoms with Crippen molar-refractivity contribution in [3.63, 3.8) is 0 Å². The van der Waals surface area contributed by atoms with Gasteiger partial charge in [0.05, 0.1) is 0 Å². The van der Waals surface area contributed by atoms with Gasteiger partial charge in [-0.1, -0.05) is 32.4 Å². The van der Waals surface area contributed by atoms with E-state index < -0.39 is 0 Å². The Kier molecular flexibility index (Phi) is 7.98. The zero-order valence-corrected chi connectivity index (χ0v) is 13.3. The number of benzene rings is 1. The van der Waals surface area contributed by atoms with E-state index >= 15 is 0 Å². The maximum Gasteiger partial charge on any atom is 0.219 e. The highest BCUT2D eigenvalue weighted by Gasteiger charge is 2.12. The molecule has 0 aliphatic rings. The molecule has 1 atom stereocenters. The van der Waals surface area contributed by atoms with Crippen molar-refractivity contribution in [2.75, 3.05) is 7.05 Å². The molecule has 1 aromatic rings. The van der Waals surface area contributed by atoms with E-state index in [1.165, 1.54) is 12.1 Å². The Labute approximate surface area is 127 Å². The van der Waals surface area contributed by atoms with E-state index in [0.717, 1.165) is 31.4 Å². The van der Waals surface area contributed by atoms with E-state index in [2.05, 4.69) is 24.5 Å².